The SMILES string of the molecule is COc1ccc(CN(C(=O)CN(c2ccc(F)cc2)S(=O)(=O)c2ccc(OC)c(OC)c2)[C@@H](C)C(=O)NC(C)(C)C)cc1. The van der Waals surface area contributed by atoms with Crippen molar-refractivity contribution in [3.8, 4) is 17.2 Å². The van der Waals surface area contributed by atoms with Gasteiger partial charge < -0.3 is 24.4 Å². The number of ether oxygens (including phenoxy) is 3. The second kappa shape index (κ2) is 13.8. The molecule has 0 aliphatic heterocycles. The summed E-state index contributed by atoms with van der Waals surface area (Å²) in [5.41, 5.74) is 0.179. The molecule has 43 heavy (non-hydrogen) atoms. The average molecular weight is 616 g/mol. The first kappa shape index (κ1) is 33.2. The molecule has 0 saturated carbocycles. The molecule has 12 heteroatoms. The number of hydrogen-bond acceptors (Lipinski definition) is 7. The van der Waals surface area contributed by atoms with Crippen LogP contribution in [-0.2, 0) is 26.2 Å². The summed E-state index contributed by atoms with van der Waals surface area (Å²) in [5, 5.41) is 2.88. The maximum absolute atomic E-state index is 14.0. The number of hydrogen-bond donors (Lipinski definition) is 1. The molecular weight excluding hydrogens is 577 g/mol. The van der Waals surface area contributed by atoms with Gasteiger partial charge in [-0.1, -0.05) is 12.1 Å². The number of halogens is 1. The molecule has 0 radical (unpaired) electrons. The Bertz CT molecular complexity index is 1520. The molecule has 0 saturated heterocycles. The number of nitrogens with one attached hydrogen (secondary N) is 1. The van der Waals surface area contributed by atoms with Crippen LogP contribution in [0.2, 0.25) is 0 Å². The third kappa shape index (κ3) is 8.38. The summed E-state index contributed by atoms with van der Waals surface area (Å²) in [6.07, 6.45) is 0. The molecule has 0 aliphatic carbocycles. The zero-order valence-corrected chi connectivity index (χ0v) is 26.2. The number of amides is 2. The van der Waals surface area contributed by atoms with Crippen LogP contribution >= 0.6 is 0 Å². The maximum Gasteiger partial charge on any atom is 0.264 e. The molecule has 232 valence electrons. The van der Waals surface area contributed by atoms with Gasteiger partial charge in [0, 0.05) is 18.2 Å². The number of nitrogens with zero attached hydrogens (tertiary/aromatic N) is 2. The van der Waals surface area contributed by atoms with E-state index in [2.05, 4.69) is 5.32 Å². The summed E-state index contributed by atoms with van der Waals surface area (Å²) < 4.78 is 58.5. The van der Waals surface area contributed by atoms with Crippen molar-refractivity contribution in [3.05, 3.63) is 78.1 Å². The van der Waals surface area contributed by atoms with E-state index in [0.717, 1.165) is 16.4 Å². The minimum Gasteiger partial charge on any atom is -0.497 e. The third-order valence-electron chi connectivity index (χ3n) is 6.51. The molecular formula is C31H38FN3O7S. The van der Waals surface area contributed by atoms with E-state index < -0.39 is 45.8 Å². The van der Waals surface area contributed by atoms with E-state index in [9.17, 15) is 22.4 Å². The van der Waals surface area contributed by atoms with Gasteiger partial charge in [-0.2, -0.15) is 0 Å². The highest BCUT2D eigenvalue weighted by atomic mass is 32.2. The lowest BCUT2D eigenvalue weighted by Gasteiger charge is -2.33. The third-order valence-corrected chi connectivity index (χ3v) is 8.28. The molecule has 10 nitrogen and oxygen atoms in total. The van der Waals surface area contributed by atoms with Crippen molar-refractivity contribution in [1.29, 1.82) is 0 Å². The van der Waals surface area contributed by atoms with E-state index in [4.69, 9.17) is 14.2 Å². The highest BCUT2D eigenvalue weighted by molar-refractivity contribution is 7.92. The van der Waals surface area contributed by atoms with Crippen LogP contribution in [0.1, 0.15) is 33.3 Å². The Balaban J connectivity index is 2.07. The Kier molecular flexibility index (Phi) is 10.6. The molecule has 3 rings (SSSR count). The molecule has 0 unspecified atom stereocenters. The van der Waals surface area contributed by atoms with Crippen LogP contribution in [0, 0.1) is 5.82 Å². The Labute approximate surface area is 252 Å². The average Bonchev–Trinajstić information content (AvgIpc) is 2.97. The fraction of sp³-hybridized carbons (Fsp3) is 0.355. The van der Waals surface area contributed by atoms with Gasteiger partial charge >= 0.3 is 0 Å². The number of carbonyl (C=O) groups excluding carboxylic acids is 2. The molecule has 3 aromatic rings. The molecule has 0 aliphatic rings. The zero-order chi connectivity index (χ0) is 31.9. The topological polar surface area (TPSA) is 114 Å². The highest BCUT2D eigenvalue weighted by Crippen LogP contribution is 2.32. The van der Waals surface area contributed by atoms with Crippen LogP contribution in [0.5, 0.6) is 17.2 Å². The van der Waals surface area contributed by atoms with Gasteiger partial charge in [-0.25, -0.2) is 12.8 Å². The Morgan fingerprint density at radius 3 is 2.02 bits per heavy atom. The summed E-state index contributed by atoms with van der Waals surface area (Å²) >= 11 is 0. The van der Waals surface area contributed by atoms with Crippen molar-refractivity contribution in [2.45, 2.75) is 50.7 Å². The quantitative estimate of drug-likeness (QED) is 0.322. The van der Waals surface area contributed by atoms with Gasteiger partial charge in [0.1, 0.15) is 24.2 Å². The summed E-state index contributed by atoms with van der Waals surface area (Å²) in [5.74, 6) is -0.542. The normalized spacial score (nSPS) is 12.2. The number of anilines is 1. The second-order valence-corrected chi connectivity index (χ2v) is 12.7. The highest BCUT2D eigenvalue weighted by Gasteiger charge is 2.34. The van der Waals surface area contributed by atoms with Crippen molar-refractivity contribution in [1.82, 2.24) is 10.2 Å². The second-order valence-electron chi connectivity index (χ2n) is 10.8. The number of carbonyl (C=O) groups is 2. The first-order valence-corrected chi connectivity index (χ1v) is 14.9. The fourth-order valence-electron chi connectivity index (χ4n) is 4.22. The number of sulfonamides is 1. The van der Waals surface area contributed by atoms with Crippen molar-refractivity contribution in [3.63, 3.8) is 0 Å². The standard InChI is InChI=1S/C31H38FN3O7S/c1-21(30(37)33-31(2,3)4)34(19-22-8-14-25(40-5)15-9-22)29(36)20-35(24-12-10-23(32)11-13-24)43(38,39)26-16-17-27(41-6)28(18-26)42-7/h8-18,21H,19-20H2,1-7H3,(H,33,37)/t21-/m0/s1. The van der Waals surface area contributed by atoms with Crippen LogP contribution in [0.4, 0.5) is 10.1 Å². The fourth-order valence-corrected chi connectivity index (χ4v) is 5.65. The van der Waals surface area contributed by atoms with Gasteiger partial charge in [-0.15, -0.1) is 0 Å². The molecule has 2 amide bonds. The van der Waals surface area contributed by atoms with Crippen LogP contribution < -0.4 is 23.8 Å². The van der Waals surface area contributed by atoms with Crippen molar-refractivity contribution < 1.29 is 36.6 Å². The molecule has 0 bridgehead atoms. The molecule has 1 N–H and O–H groups in total. The predicted molar refractivity (Wildman–Crippen MR) is 161 cm³/mol. The van der Waals surface area contributed by atoms with Gasteiger partial charge in [-0.05, 0) is 81.8 Å². The molecule has 0 heterocycles. The molecule has 0 spiro atoms. The van der Waals surface area contributed by atoms with E-state index >= 15 is 0 Å². The molecule has 0 fully saturated rings. The first-order valence-electron chi connectivity index (χ1n) is 13.4. The van der Waals surface area contributed by atoms with Gasteiger partial charge in [0.25, 0.3) is 10.0 Å². The lowest BCUT2D eigenvalue weighted by Crippen LogP contribution is -2.54. The zero-order valence-electron chi connectivity index (χ0n) is 25.4. The molecule has 3 aromatic carbocycles. The molecule has 1 atom stereocenters. The van der Waals surface area contributed by atoms with E-state index in [1.54, 1.807) is 31.2 Å². The minimum absolute atomic E-state index is 0.00915. The Hall–Kier alpha value is -4.32. The van der Waals surface area contributed by atoms with Gasteiger partial charge in [0.05, 0.1) is 31.9 Å². The van der Waals surface area contributed by atoms with Gasteiger partial charge in [0.2, 0.25) is 11.8 Å². The lowest BCUT2D eigenvalue weighted by atomic mass is 10.1. The largest absolute Gasteiger partial charge is 0.497 e. The number of rotatable bonds is 12. The van der Waals surface area contributed by atoms with Gasteiger partial charge in [0.15, 0.2) is 11.5 Å². The van der Waals surface area contributed by atoms with Crippen molar-refractivity contribution in [2.24, 2.45) is 0 Å². The van der Waals surface area contributed by atoms with E-state index in [1.807, 2.05) is 20.8 Å². The number of benzene rings is 3. The van der Waals surface area contributed by atoms with Gasteiger partial charge in [-0.3, -0.25) is 13.9 Å². The first-order chi connectivity index (χ1) is 20.2. The Morgan fingerprint density at radius 2 is 1.49 bits per heavy atom. The smallest absolute Gasteiger partial charge is 0.264 e. The van der Waals surface area contributed by atoms with Crippen LogP contribution in [0.15, 0.2) is 71.6 Å². The molecule has 0 aromatic heterocycles. The summed E-state index contributed by atoms with van der Waals surface area (Å²) in [6.45, 7) is 6.37. The van der Waals surface area contributed by atoms with Crippen molar-refractivity contribution >= 4 is 27.5 Å². The van der Waals surface area contributed by atoms with Crippen LogP contribution in [0.3, 0.4) is 0 Å². The maximum atomic E-state index is 14.0. The number of methoxy groups -OCH3 is 3. The monoisotopic (exact) mass is 615 g/mol. The van der Waals surface area contributed by atoms with E-state index in [1.165, 1.54) is 56.6 Å². The van der Waals surface area contributed by atoms with Crippen LogP contribution in [0.25, 0.3) is 0 Å². The van der Waals surface area contributed by atoms with Crippen molar-refractivity contribution in [2.75, 3.05) is 32.2 Å². The summed E-state index contributed by atoms with van der Waals surface area (Å²) in [6, 6.07) is 14.8. The Morgan fingerprint density at radius 1 is 0.884 bits per heavy atom. The summed E-state index contributed by atoms with van der Waals surface area (Å²) in [7, 11) is -0.0725. The van der Waals surface area contributed by atoms with E-state index in [0.29, 0.717) is 17.1 Å². The minimum atomic E-state index is -4.40. The van der Waals surface area contributed by atoms with Crippen LogP contribution in [-0.4, -0.2) is 64.6 Å². The summed E-state index contributed by atoms with van der Waals surface area (Å²) in [4.78, 5) is 28.4. The lowest BCUT2D eigenvalue weighted by molar-refractivity contribution is -0.140. The predicted octanol–water partition coefficient (Wildman–Crippen LogP) is 4.38. The van der Waals surface area contributed by atoms with E-state index in [-0.39, 0.29) is 22.9 Å².